The van der Waals surface area contributed by atoms with Crippen molar-refractivity contribution in [3.63, 3.8) is 0 Å². The first-order chi connectivity index (χ1) is 7.97. The van der Waals surface area contributed by atoms with Crippen molar-refractivity contribution < 1.29 is 10.0 Å². The van der Waals surface area contributed by atoms with E-state index >= 15 is 0 Å². The number of nitro groups is 1. The van der Waals surface area contributed by atoms with Crippen LogP contribution in [-0.4, -0.2) is 23.6 Å². The van der Waals surface area contributed by atoms with Crippen LogP contribution in [0.1, 0.15) is 18.6 Å². The Balaban J connectivity index is 3.23. The molecule has 0 spiro atoms. The van der Waals surface area contributed by atoms with E-state index in [0.717, 1.165) is 0 Å². The second-order valence-corrected chi connectivity index (χ2v) is 3.74. The van der Waals surface area contributed by atoms with Gasteiger partial charge in [-0.15, -0.1) is 6.42 Å². The minimum Gasteiger partial charge on any atom is -0.389 e. The van der Waals surface area contributed by atoms with Gasteiger partial charge in [-0.25, -0.2) is 0 Å². The maximum absolute atomic E-state index is 11.0. The minimum absolute atomic E-state index is 0.0545. The van der Waals surface area contributed by atoms with Gasteiger partial charge in [0.1, 0.15) is 5.69 Å². The van der Waals surface area contributed by atoms with Gasteiger partial charge >= 0.3 is 0 Å². The molecule has 1 rings (SSSR count). The molecule has 0 bridgehead atoms. The molecule has 90 valence electrons. The van der Waals surface area contributed by atoms with Crippen LogP contribution in [-0.2, 0) is 0 Å². The lowest BCUT2D eigenvalue weighted by Crippen LogP contribution is -2.18. The highest BCUT2D eigenvalue weighted by Crippen LogP contribution is 2.30. The first-order valence-electron chi connectivity index (χ1n) is 5.08. The van der Waals surface area contributed by atoms with Gasteiger partial charge in [0.05, 0.1) is 17.6 Å². The lowest BCUT2D eigenvalue weighted by molar-refractivity contribution is -0.384. The molecule has 17 heavy (non-hydrogen) atoms. The van der Waals surface area contributed by atoms with Crippen molar-refractivity contribution >= 4 is 11.4 Å². The van der Waals surface area contributed by atoms with E-state index in [2.05, 4.69) is 5.92 Å². The first-order valence-corrected chi connectivity index (χ1v) is 5.08. The first kappa shape index (κ1) is 13.0. The molecule has 5 nitrogen and oxygen atoms in total. The second-order valence-electron chi connectivity index (χ2n) is 3.74. The number of benzene rings is 1. The van der Waals surface area contributed by atoms with Crippen molar-refractivity contribution in [3.8, 4) is 12.3 Å². The molecule has 1 atom stereocenters. The molecule has 1 aromatic rings. The Kier molecular flexibility index (Phi) is 4.07. The number of aliphatic hydroxyl groups is 1. The van der Waals surface area contributed by atoms with E-state index in [0.29, 0.717) is 11.3 Å². The fourth-order valence-electron chi connectivity index (χ4n) is 1.49. The van der Waals surface area contributed by atoms with Crippen LogP contribution in [0, 0.1) is 22.5 Å². The average molecular weight is 234 g/mol. The molecule has 0 amide bonds. The summed E-state index contributed by atoms with van der Waals surface area (Å²) in [4.78, 5) is 12.1. The van der Waals surface area contributed by atoms with Crippen LogP contribution in [0.3, 0.4) is 0 Å². The van der Waals surface area contributed by atoms with E-state index in [-0.39, 0.29) is 12.2 Å². The summed E-state index contributed by atoms with van der Waals surface area (Å²) in [6, 6.07) is 4.62. The summed E-state index contributed by atoms with van der Waals surface area (Å²) in [6.45, 7) is 1.85. The lowest BCUT2D eigenvalue weighted by Gasteiger charge is -2.17. The maximum atomic E-state index is 11.0. The zero-order valence-electron chi connectivity index (χ0n) is 9.75. The molecular formula is C12H14N2O3. The molecule has 0 aromatic heterocycles. The van der Waals surface area contributed by atoms with E-state index in [4.69, 9.17) is 6.42 Å². The summed E-state index contributed by atoms with van der Waals surface area (Å²) in [5.74, 6) is 2.42. The van der Waals surface area contributed by atoms with Crippen LogP contribution in [0.4, 0.5) is 11.4 Å². The third-order valence-corrected chi connectivity index (χ3v) is 2.42. The quantitative estimate of drug-likeness (QED) is 0.489. The molecule has 1 aromatic carbocycles. The molecule has 0 saturated carbocycles. The Morgan fingerprint density at radius 1 is 1.65 bits per heavy atom. The molecule has 0 aliphatic heterocycles. The number of anilines is 1. The smallest absolute Gasteiger partial charge is 0.292 e. The van der Waals surface area contributed by atoms with Crippen molar-refractivity contribution in [1.82, 2.24) is 0 Å². The largest absolute Gasteiger partial charge is 0.389 e. The van der Waals surface area contributed by atoms with Crippen LogP contribution in [0.2, 0.25) is 0 Å². The third kappa shape index (κ3) is 2.95. The summed E-state index contributed by atoms with van der Waals surface area (Å²) in [6.07, 6.45) is 4.43. The van der Waals surface area contributed by atoms with E-state index < -0.39 is 11.0 Å². The molecule has 5 heteroatoms. The number of hydrogen-bond acceptors (Lipinski definition) is 4. The summed E-state index contributed by atoms with van der Waals surface area (Å²) < 4.78 is 0. The minimum atomic E-state index is -0.735. The number of hydrogen-bond donors (Lipinski definition) is 1. The lowest BCUT2D eigenvalue weighted by atomic mass is 10.1. The van der Waals surface area contributed by atoms with E-state index in [9.17, 15) is 15.2 Å². The molecule has 1 N–H and O–H groups in total. The predicted octanol–water partition coefficient (Wildman–Crippen LogP) is 1.72. The normalized spacial score (nSPS) is 11.6. The second kappa shape index (κ2) is 5.32. The molecule has 0 unspecified atom stereocenters. The SMILES string of the molecule is C#CCN(C)c1ccc([C@H](C)O)cc1[N+](=O)[O-]. The van der Waals surface area contributed by atoms with Gasteiger partial charge in [0.25, 0.3) is 5.69 Å². The van der Waals surface area contributed by atoms with Gasteiger partial charge in [-0.3, -0.25) is 10.1 Å². The standard InChI is InChI=1S/C12H14N2O3/c1-4-7-13(3)11-6-5-10(9(2)15)8-12(11)14(16)17/h1,5-6,8-9,15H,7H2,2-3H3/t9-/m0/s1. The van der Waals surface area contributed by atoms with Crippen LogP contribution in [0.5, 0.6) is 0 Å². The van der Waals surface area contributed by atoms with Crippen molar-refractivity contribution in [1.29, 1.82) is 0 Å². The summed E-state index contributed by atoms with van der Waals surface area (Å²) >= 11 is 0. The van der Waals surface area contributed by atoms with E-state index in [1.54, 1.807) is 31.0 Å². The Hall–Kier alpha value is -2.06. The Bertz CT molecular complexity index is 463. The van der Waals surface area contributed by atoms with Gasteiger partial charge in [0, 0.05) is 13.1 Å². The number of terminal acetylenes is 1. The zero-order valence-corrected chi connectivity index (χ0v) is 9.75. The van der Waals surface area contributed by atoms with Crippen LogP contribution in [0.25, 0.3) is 0 Å². The number of rotatable bonds is 4. The van der Waals surface area contributed by atoms with Gasteiger partial charge in [-0.2, -0.15) is 0 Å². The van der Waals surface area contributed by atoms with Crippen molar-refractivity contribution in [2.45, 2.75) is 13.0 Å². The fraction of sp³-hybridized carbons (Fsp3) is 0.333. The summed E-state index contributed by atoms with van der Waals surface area (Å²) in [5, 5.41) is 20.3. The van der Waals surface area contributed by atoms with Crippen molar-refractivity contribution in [2.75, 3.05) is 18.5 Å². The Morgan fingerprint density at radius 3 is 2.76 bits per heavy atom. The summed E-state index contributed by atoms with van der Waals surface area (Å²) in [5.41, 5.74) is 0.896. The molecule has 0 saturated heterocycles. The Morgan fingerprint density at radius 2 is 2.29 bits per heavy atom. The van der Waals surface area contributed by atoms with Gasteiger partial charge in [-0.05, 0) is 18.6 Å². The van der Waals surface area contributed by atoms with Gasteiger partial charge in [0.15, 0.2) is 0 Å². The maximum Gasteiger partial charge on any atom is 0.292 e. The van der Waals surface area contributed by atoms with Crippen LogP contribution in [0.15, 0.2) is 18.2 Å². The topological polar surface area (TPSA) is 66.6 Å². The molecular weight excluding hydrogens is 220 g/mol. The van der Waals surface area contributed by atoms with E-state index in [1.807, 2.05) is 0 Å². The van der Waals surface area contributed by atoms with Crippen molar-refractivity contribution in [2.24, 2.45) is 0 Å². The monoisotopic (exact) mass is 234 g/mol. The zero-order chi connectivity index (χ0) is 13.0. The highest BCUT2D eigenvalue weighted by Gasteiger charge is 2.18. The highest BCUT2D eigenvalue weighted by molar-refractivity contribution is 5.64. The molecule has 0 aliphatic rings. The molecule has 0 heterocycles. The molecule has 0 aliphatic carbocycles. The number of nitro benzene ring substituents is 1. The molecule has 0 fully saturated rings. The Labute approximate surface area is 99.8 Å². The predicted molar refractivity (Wildman–Crippen MR) is 65.8 cm³/mol. The number of nitrogens with zero attached hydrogens (tertiary/aromatic N) is 2. The number of aliphatic hydroxyl groups excluding tert-OH is 1. The fourth-order valence-corrected chi connectivity index (χ4v) is 1.49. The van der Waals surface area contributed by atoms with Gasteiger partial charge in [0.2, 0.25) is 0 Å². The molecule has 0 radical (unpaired) electrons. The highest BCUT2D eigenvalue weighted by atomic mass is 16.6. The van der Waals surface area contributed by atoms with Crippen LogP contribution < -0.4 is 4.90 Å². The van der Waals surface area contributed by atoms with E-state index in [1.165, 1.54) is 6.07 Å². The average Bonchev–Trinajstić information content (AvgIpc) is 2.28. The van der Waals surface area contributed by atoms with Crippen LogP contribution >= 0.6 is 0 Å². The third-order valence-electron chi connectivity index (χ3n) is 2.42. The van der Waals surface area contributed by atoms with Gasteiger partial charge < -0.3 is 10.0 Å². The van der Waals surface area contributed by atoms with Gasteiger partial charge in [-0.1, -0.05) is 12.0 Å². The van der Waals surface area contributed by atoms with Crippen molar-refractivity contribution in [3.05, 3.63) is 33.9 Å². The summed E-state index contributed by atoms with van der Waals surface area (Å²) in [7, 11) is 1.68.